The molecule has 6 rings (SSSR count). The van der Waals surface area contributed by atoms with Gasteiger partial charge in [0.2, 0.25) is 10.1 Å². The SMILES string of the molecule is CCc1nc2sc(N3CCC4(CCCCN4C(N)=O)C3)nn2c1N(C)c1nc(-c2ccc(C)cc2)c(C#N)s1. The Hall–Kier alpha value is -3.69. The number of thiazole rings is 1. The van der Waals surface area contributed by atoms with Crippen LogP contribution in [-0.2, 0) is 6.42 Å². The molecule has 1 aromatic carbocycles. The van der Waals surface area contributed by atoms with Crippen molar-refractivity contribution in [3.8, 4) is 17.3 Å². The maximum absolute atomic E-state index is 12.2. The van der Waals surface area contributed by atoms with Gasteiger partial charge in [-0.2, -0.15) is 9.78 Å². The zero-order valence-electron chi connectivity index (χ0n) is 22.3. The average molecular weight is 562 g/mol. The number of aryl methyl sites for hydroxylation is 2. The maximum Gasteiger partial charge on any atom is 0.315 e. The van der Waals surface area contributed by atoms with Gasteiger partial charge in [-0.1, -0.05) is 59.4 Å². The second-order valence-corrected chi connectivity index (χ2v) is 12.3. The molecule has 2 amide bonds. The van der Waals surface area contributed by atoms with E-state index >= 15 is 0 Å². The quantitative estimate of drug-likeness (QED) is 0.367. The summed E-state index contributed by atoms with van der Waals surface area (Å²) in [5.74, 6) is 0.856. The van der Waals surface area contributed by atoms with E-state index in [-0.39, 0.29) is 11.6 Å². The lowest BCUT2D eigenvalue weighted by molar-refractivity contribution is 0.0970. The minimum atomic E-state index is -0.327. The Bertz CT molecular complexity index is 1580. The predicted molar refractivity (Wildman–Crippen MR) is 155 cm³/mol. The number of nitriles is 1. The molecule has 1 atom stereocenters. The summed E-state index contributed by atoms with van der Waals surface area (Å²) in [5, 5.41) is 16.5. The number of hydrogen-bond donors (Lipinski definition) is 1. The van der Waals surface area contributed by atoms with Crippen LogP contribution in [0.3, 0.4) is 0 Å². The minimum Gasteiger partial charge on any atom is -0.351 e. The molecule has 2 saturated heterocycles. The van der Waals surface area contributed by atoms with Crippen LogP contribution >= 0.6 is 22.7 Å². The normalized spacial score (nSPS) is 19.2. The number of urea groups is 1. The number of nitrogens with zero attached hydrogens (tertiary/aromatic N) is 8. The molecule has 39 heavy (non-hydrogen) atoms. The van der Waals surface area contributed by atoms with Crippen LogP contribution in [0, 0.1) is 18.3 Å². The maximum atomic E-state index is 12.2. The van der Waals surface area contributed by atoms with Crippen LogP contribution in [0.15, 0.2) is 24.3 Å². The summed E-state index contributed by atoms with van der Waals surface area (Å²) in [4.78, 5) is 29.5. The highest BCUT2D eigenvalue weighted by Crippen LogP contribution is 2.41. The molecule has 10 nitrogen and oxygen atoms in total. The molecule has 3 aromatic heterocycles. The van der Waals surface area contributed by atoms with E-state index in [1.165, 1.54) is 11.3 Å². The number of carbonyl (C=O) groups is 1. The van der Waals surface area contributed by atoms with Crippen molar-refractivity contribution in [2.45, 2.75) is 51.5 Å². The number of imidazole rings is 1. The highest BCUT2D eigenvalue weighted by Gasteiger charge is 2.46. The molecule has 0 saturated carbocycles. The molecule has 202 valence electrons. The Balaban J connectivity index is 1.33. The smallest absolute Gasteiger partial charge is 0.315 e. The lowest BCUT2D eigenvalue weighted by Crippen LogP contribution is -2.57. The second kappa shape index (κ2) is 9.81. The highest BCUT2D eigenvalue weighted by molar-refractivity contribution is 7.20. The van der Waals surface area contributed by atoms with Crippen molar-refractivity contribution in [3.63, 3.8) is 0 Å². The van der Waals surface area contributed by atoms with E-state index in [9.17, 15) is 10.1 Å². The van der Waals surface area contributed by atoms with E-state index in [2.05, 4.69) is 17.9 Å². The van der Waals surface area contributed by atoms with Crippen molar-refractivity contribution < 1.29 is 4.79 Å². The number of amides is 2. The first-order valence-electron chi connectivity index (χ1n) is 13.3. The van der Waals surface area contributed by atoms with Gasteiger partial charge in [0.15, 0.2) is 10.9 Å². The van der Waals surface area contributed by atoms with Gasteiger partial charge in [0, 0.05) is 32.2 Å². The molecule has 2 aliphatic rings. The Kier molecular flexibility index (Phi) is 6.43. The van der Waals surface area contributed by atoms with Gasteiger partial charge in [-0.25, -0.2) is 14.8 Å². The van der Waals surface area contributed by atoms with Crippen molar-refractivity contribution in [1.29, 1.82) is 5.26 Å². The highest BCUT2D eigenvalue weighted by atomic mass is 32.1. The molecular weight excluding hydrogens is 530 g/mol. The number of hydrogen-bond acceptors (Lipinski definition) is 9. The summed E-state index contributed by atoms with van der Waals surface area (Å²) in [6.07, 6.45) is 4.71. The molecule has 5 heterocycles. The summed E-state index contributed by atoms with van der Waals surface area (Å²) < 4.78 is 1.90. The van der Waals surface area contributed by atoms with Crippen molar-refractivity contribution in [2.24, 2.45) is 5.73 Å². The zero-order chi connectivity index (χ0) is 27.3. The summed E-state index contributed by atoms with van der Waals surface area (Å²) in [6.45, 7) is 6.40. The van der Waals surface area contributed by atoms with Crippen LogP contribution < -0.4 is 15.5 Å². The summed E-state index contributed by atoms with van der Waals surface area (Å²) >= 11 is 2.93. The summed E-state index contributed by atoms with van der Waals surface area (Å²) in [6, 6.07) is 10.1. The number of benzene rings is 1. The molecule has 4 aromatic rings. The number of fused-ring (bicyclic) bond motifs is 1. The van der Waals surface area contributed by atoms with Crippen LogP contribution in [0.25, 0.3) is 16.2 Å². The molecule has 0 aliphatic carbocycles. The van der Waals surface area contributed by atoms with Crippen LogP contribution in [-0.4, -0.2) is 62.7 Å². The van der Waals surface area contributed by atoms with Gasteiger partial charge in [0.1, 0.15) is 16.6 Å². The summed E-state index contributed by atoms with van der Waals surface area (Å²) in [5.41, 5.74) is 9.26. The van der Waals surface area contributed by atoms with Crippen molar-refractivity contribution in [2.75, 3.05) is 36.5 Å². The van der Waals surface area contributed by atoms with Crippen molar-refractivity contribution >= 4 is 49.7 Å². The fraction of sp³-hybridized carbons (Fsp3) is 0.444. The summed E-state index contributed by atoms with van der Waals surface area (Å²) in [7, 11) is 1.96. The molecule has 2 aliphatic heterocycles. The minimum absolute atomic E-state index is 0.215. The van der Waals surface area contributed by atoms with Gasteiger partial charge < -0.3 is 20.4 Å². The third kappa shape index (κ3) is 4.30. The molecule has 0 radical (unpaired) electrons. The number of primary amides is 1. The molecular formula is C27H31N9OS2. The number of piperidine rings is 1. The third-order valence-corrected chi connectivity index (χ3v) is 9.94. The number of likely N-dealkylation sites (tertiary alicyclic amines) is 1. The van der Waals surface area contributed by atoms with E-state index in [4.69, 9.17) is 20.8 Å². The van der Waals surface area contributed by atoms with E-state index in [1.807, 2.05) is 52.6 Å². The fourth-order valence-electron chi connectivity index (χ4n) is 5.88. The Morgan fingerprint density at radius 1 is 1.18 bits per heavy atom. The first-order valence-corrected chi connectivity index (χ1v) is 14.9. The van der Waals surface area contributed by atoms with Gasteiger partial charge in [-0.3, -0.25) is 0 Å². The van der Waals surface area contributed by atoms with Gasteiger partial charge in [0.25, 0.3) is 0 Å². The molecule has 1 unspecified atom stereocenters. The Morgan fingerprint density at radius 3 is 2.69 bits per heavy atom. The first-order chi connectivity index (χ1) is 18.8. The largest absolute Gasteiger partial charge is 0.351 e. The van der Waals surface area contributed by atoms with Crippen LogP contribution in [0.1, 0.15) is 48.7 Å². The topological polar surface area (TPSA) is 120 Å². The number of aromatic nitrogens is 4. The van der Waals surface area contributed by atoms with Gasteiger partial charge in [0.05, 0.1) is 11.2 Å². The molecule has 2 N–H and O–H groups in total. The number of carbonyl (C=O) groups excluding carboxylic acids is 1. The second-order valence-electron chi connectivity index (χ2n) is 10.4. The third-order valence-electron chi connectivity index (χ3n) is 7.94. The van der Waals surface area contributed by atoms with Gasteiger partial charge >= 0.3 is 6.03 Å². The fourth-order valence-corrected chi connectivity index (χ4v) is 7.67. The van der Waals surface area contributed by atoms with Crippen molar-refractivity contribution in [3.05, 3.63) is 40.4 Å². The van der Waals surface area contributed by atoms with Crippen LogP contribution in [0.2, 0.25) is 0 Å². The number of anilines is 3. The number of rotatable bonds is 5. The lowest BCUT2D eigenvalue weighted by atomic mass is 9.86. The van der Waals surface area contributed by atoms with E-state index < -0.39 is 0 Å². The van der Waals surface area contributed by atoms with Crippen LogP contribution in [0.4, 0.5) is 20.9 Å². The molecule has 12 heteroatoms. The monoisotopic (exact) mass is 561 g/mol. The first kappa shape index (κ1) is 25.6. The van der Waals surface area contributed by atoms with E-state index in [0.717, 1.165) is 84.5 Å². The van der Waals surface area contributed by atoms with Gasteiger partial charge in [-0.15, -0.1) is 5.10 Å². The lowest BCUT2D eigenvalue weighted by Gasteiger charge is -2.43. The number of nitrogens with two attached hydrogens (primary N) is 1. The molecule has 0 bridgehead atoms. The van der Waals surface area contributed by atoms with E-state index in [0.29, 0.717) is 15.7 Å². The molecule has 2 fully saturated rings. The Morgan fingerprint density at radius 2 is 1.97 bits per heavy atom. The van der Waals surface area contributed by atoms with Gasteiger partial charge in [-0.05, 0) is 39.0 Å². The van der Waals surface area contributed by atoms with E-state index in [1.54, 1.807) is 11.3 Å². The standard InChI is InChI=1S/C27H31N9OS2/c1-4-19-22(33(3)24-31-21(20(15-28)38-24)18-9-7-17(2)8-10-18)36-25(30-19)39-26(32-36)34-14-12-27(16-34)11-5-6-13-35(27)23(29)37/h7-10H,4-6,11-14,16H2,1-3H3,(H2,29,37). The van der Waals surface area contributed by atoms with Crippen molar-refractivity contribution in [1.82, 2.24) is 24.5 Å². The van der Waals surface area contributed by atoms with Crippen LogP contribution in [0.5, 0.6) is 0 Å². The molecule has 1 spiro atoms. The average Bonchev–Trinajstić information content (AvgIpc) is 3.70. The zero-order valence-corrected chi connectivity index (χ0v) is 24.0. The predicted octanol–water partition coefficient (Wildman–Crippen LogP) is 4.94. The Labute approximate surface area is 235 Å².